The Balaban J connectivity index is 3.04. The molecule has 0 atom stereocenters. The average Bonchev–Trinajstić information content (AvgIpc) is 2.16. The molecule has 2 N–H and O–H groups in total. The van der Waals surface area contributed by atoms with Crippen LogP contribution in [0.4, 0.5) is 0 Å². The summed E-state index contributed by atoms with van der Waals surface area (Å²) in [5.74, 6) is -0.529. The maximum absolute atomic E-state index is 10.7. The SMILES string of the molecule is O=C(O)c1cc(Br)c(OCCO)c(Br)c1. The molecular formula is C9H8Br2O4. The molecule has 82 valence electrons. The Morgan fingerprint density at radius 1 is 1.33 bits per heavy atom. The van der Waals surface area contributed by atoms with Crippen LogP contribution in [-0.2, 0) is 0 Å². The number of carboxylic acids is 1. The molecule has 0 amide bonds. The number of benzene rings is 1. The van der Waals surface area contributed by atoms with E-state index in [1.54, 1.807) is 0 Å². The Morgan fingerprint density at radius 2 is 1.87 bits per heavy atom. The molecule has 0 aromatic heterocycles. The van der Waals surface area contributed by atoms with Crippen LogP contribution in [0.1, 0.15) is 10.4 Å². The van der Waals surface area contributed by atoms with Gasteiger partial charge in [0.2, 0.25) is 0 Å². The van der Waals surface area contributed by atoms with E-state index in [4.69, 9.17) is 14.9 Å². The summed E-state index contributed by atoms with van der Waals surface area (Å²) in [5.41, 5.74) is 0.157. The molecule has 0 saturated heterocycles. The van der Waals surface area contributed by atoms with Crippen LogP contribution in [0.3, 0.4) is 0 Å². The van der Waals surface area contributed by atoms with E-state index >= 15 is 0 Å². The first-order valence-corrected chi connectivity index (χ1v) is 5.61. The number of halogens is 2. The maximum atomic E-state index is 10.7. The number of hydrogen-bond donors (Lipinski definition) is 2. The minimum atomic E-state index is -1.01. The zero-order chi connectivity index (χ0) is 11.4. The molecule has 0 aliphatic heterocycles. The van der Waals surface area contributed by atoms with Gasteiger partial charge in [0.05, 0.1) is 21.1 Å². The van der Waals surface area contributed by atoms with Crippen molar-refractivity contribution in [3.05, 3.63) is 26.6 Å². The van der Waals surface area contributed by atoms with Crippen molar-refractivity contribution < 1.29 is 19.7 Å². The highest BCUT2D eigenvalue weighted by molar-refractivity contribution is 9.11. The van der Waals surface area contributed by atoms with Crippen LogP contribution in [0.15, 0.2) is 21.1 Å². The summed E-state index contributed by atoms with van der Waals surface area (Å²) in [5, 5.41) is 17.4. The van der Waals surface area contributed by atoms with Crippen molar-refractivity contribution in [2.24, 2.45) is 0 Å². The van der Waals surface area contributed by atoms with Crippen LogP contribution in [0.25, 0.3) is 0 Å². The van der Waals surface area contributed by atoms with E-state index in [0.717, 1.165) is 0 Å². The molecule has 0 fully saturated rings. The van der Waals surface area contributed by atoms with Gasteiger partial charge < -0.3 is 14.9 Å². The first kappa shape index (κ1) is 12.5. The third-order valence-corrected chi connectivity index (χ3v) is 2.76. The van der Waals surface area contributed by atoms with E-state index in [0.29, 0.717) is 14.7 Å². The van der Waals surface area contributed by atoms with Gasteiger partial charge in [0, 0.05) is 0 Å². The van der Waals surface area contributed by atoms with Crippen molar-refractivity contribution in [2.75, 3.05) is 13.2 Å². The molecular weight excluding hydrogens is 332 g/mol. The lowest BCUT2D eigenvalue weighted by Crippen LogP contribution is -2.04. The second-order valence-corrected chi connectivity index (χ2v) is 4.35. The number of aliphatic hydroxyl groups excluding tert-OH is 1. The zero-order valence-corrected chi connectivity index (χ0v) is 10.7. The van der Waals surface area contributed by atoms with E-state index in [1.165, 1.54) is 12.1 Å². The van der Waals surface area contributed by atoms with Crippen LogP contribution in [0, 0.1) is 0 Å². The summed E-state index contributed by atoms with van der Waals surface area (Å²) in [6, 6.07) is 2.89. The molecule has 0 saturated carbocycles. The third kappa shape index (κ3) is 3.19. The molecule has 0 spiro atoms. The number of hydrogen-bond acceptors (Lipinski definition) is 3. The number of carbonyl (C=O) groups is 1. The zero-order valence-electron chi connectivity index (χ0n) is 7.54. The summed E-state index contributed by atoms with van der Waals surface area (Å²) in [6.07, 6.45) is 0. The molecule has 1 aromatic rings. The first-order valence-electron chi connectivity index (χ1n) is 4.02. The van der Waals surface area contributed by atoms with Gasteiger partial charge in [-0.25, -0.2) is 4.79 Å². The van der Waals surface area contributed by atoms with Crippen molar-refractivity contribution in [1.29, 1.82) is 0 Å². The van der Waals surface area contributed by atoms with Crippen molar-refractivity contribution >= 4 is 37.8 Å². The number of aliphatic hydroxyl groups is 1. The lowest BCUT2D eigenvalue weighted by atomic mass is 10.2. The predicted octanol–water partition coefficient (Wildman–Crippen LogP) is 2.28. The second kappa shape index (κ2) is 5.48. The summed E-state index contributed by atoms with van der Waals surface area (Å²) >= 11 is 6.39. The number of aromatic carboxylic acids is 1. The molecule has 1 aromatic carbocycles. The molecule has 0 unspecified atom stereocenters. The number of carboxylic acid groups (broad SMARTS) is 1. The summed E-state index contributed by atoms with van der Waals surface area (Å²) in [4.78, 5) is 10.7. The minimum Gasteiger partial charge on any atom is -0.489 e. The van der Waals surface area contributed by atoms with E-state index in [1.807, 2.05) is 0 Å². The molecule has 0 heterocycles. The van der Waals surface area contributed by atoms with Gasteiger partial charge in [-0.1, -0.05) is 0 Å². The topological polar surface area (TPSA) is 66.8 Å². The van der Waals surface area contributed by atoms with Crippen molar-refractivity contribution in [2.45, 2.75) is 0 Å². The molecule has 1 rings (SSSR count). The van der Waals surface area contributed by atoms with Crippen molar-refractivity contribution in [3.63, 3.8) is 0 Å². The standard InChI is InChI=1S/C9H8Br2O4/c10-6-3-5(9(13)14)4-7(11)8(6)15-2-1-12/h3-4,12H,1-2H2,(H,13,14). The van der Waals surface area contributed by atoms with Gasteiger partial charge in [-0.3, -0.25) is 0 Å². The molecule has 15 heavy (non-hydrogen) atoms. The highest BCUT2D eigenvalue weighted by Crippen LogP contribution is 2.34. The second-order valence-electron chi connectivity index (χ2n) is 2.65. The van der Waals surface area contributed by atoms with Gasteiger partial charge in [-0.15, -0.1) is 0 Å². The highest BCUT2D eigenvalue weighted by Gasteiger charge is 2.12. The van der Waals surface area contributed by atoms with Gasteiger partial charge in [0.25, 0.3) is 0 Å². The van der Waals surface area contributed by atoms with Crippen LogP contribution >= 0.6 is 31.9 Å². The fourth-order valence-electron chi connectivity index (χ4n) is 0.969. The number of rotatable bonds is 4. The fourth-order valence-corrected chi connectivity index (χ4v) is 2.38. The Hall–Kier alpha value is -0.590. The Labute approximate surface area is 103 Å². The van der Waals surface area contributed by atoms with Crippen LogP contribution < -0.4 is 4.74 Å². The van der Waals surface area contributed by atoms with Gasteiger partial charge in [0.15, 0.2) is 0 Å². The Kier molecular flexibility index (Phi) is 4.56. The molecule has 0 aliphatic carbocycles. The first-order chi connectivity index (χ1) is 7.06. The number of ether oxygens (including phenoxy) is 1. The predicted molar refractivity (Wildman–Crippen MR) is 61.4 cm³/mol. The smallest absolute Gasteiger partial charge is 0.335 e. The summed E-state index contributed by atoms with van der Waals surface area (Å²) < 4.78 is 6.28. The van der Waals surface area contributed by atoms with Crippen molar-refractivity contribution in [1.82, 2.24) is 0 Å². The largest absolute Gasteiger partial charge is 0.489 e. The summed E-state index contributed by atoms with van der Waals surface area (Å²) in [6.45, 7) is 0.0587. The van der Waals surface area contributed by atoms with Crippen LogP contribution in [0.5, 0.6) is 5.75 Å². The Morgan fingerprint density at radius 3 is 2.27 bits per heavy atom. The van der Waals surface area contributed by atoms with Gasteiger partial charge >= 0.3 is 5.97 Å². The normalized spacial score (nSPS) is 10.1. The van der Waals surface area contributed by atoms with Gasteiger partial charge in [0.1, 0.15) is 12.4 Å². The average molecular weight is 340 g/mol. The molecule has 0 aliphatic rings. The van der Waals surface area contributed by atoms with E-state index in [9.17, 15) is 4.79 Å². The third-order valence-electron chi connectivity index (χ3n) is 1.58. The van der Waals surface area contributed by atoms with Crippen LogP contribution in [0.2, 0.25) is 0 Å². The highest BCUT2D eigenvalue weighted by atomic mass is 79.9. The van der Waals surface area contributed by atoms with E-state index in [-0.39, 0.29) is 18.8 Å². The molecule has 0 bridgehead atoms. The molecule has 0 radical (unpaired) electrons. The fraction of sp³-hybridized carbons (Fsp3) is 0.222. The summed E-state index contributed by atoms with van der Waals surface area (Å²) in [7, 11) is 0. The monoisotopic (exact) mass is 338 g/mol. The maximum Gasteiger partial charge on any atom is 0.335 e. The van der Waals surface area contributed by atoms with E-state index in [2.05, 4.69) is 31.9 Å². The lowest BCUT2D eigenvalue weighted by molar-refractivity contribution is 0.0696. The molecule has 4 nitrogen and oxygen atoms in total. The van der Waals surface area contributed by atoms with Crippen molar-refractivity contribution in [3.8, 4) is 5.75 Å². The van der Waals surface area contributed by atoms with Gasteiger partial charge in [-0.05, 0) is 44.0 Å². The Bertz CT molecular complexity index is 355. The molecule has 6 heteroatoms. The van der Waals surface area contributed by atoms with Crippen LogP contribution in [-0.4, -0.2) is 29.4 Å². The minimum absolute atomic E-state index is 0.0977. The lowest BCUT2D eigenvalue weighted by Gasteiger charge is -2.09. The van der Waals surface area contributed by atoms with Gasteiger partial charge in [-0.2, -0.15) is 0 Å². The quantitative estimate of drug-likeness (QED) is 0.883. The van der Waals surface area contributed by atoms with E-state index < -0.39 is 5.97 Å².